The van der Waals surface area contributed by atoms with Gasteiger partial charge in [-0.05, 0) is 31.2 Å². The molecule has 0 spiro atoms. The van der Waals surface area contributed by atoms with E-state index in [4.69, 9.17) is 5.73 Å². The average Bonchev–Trinajstić information content (AvgIpc) is 2.47. The van der Waals surface area contributed by atoms with E-state index in [9.17, 15) is 0 Å². The molecule has 3 heteroatoms. The maximum atomic E-state index is 5.46. The van der Waals surface area contributed by atoms with Gasteiger partial charge in [-0.2, -0.15) is 5.10 Å². The first kappa shape index (κ1) is 7.80. The van der Waals surface area contributed by atoms with E-state index in [1.807, 2.05) is 4.68 Å². The van der Waals surface area contributed by atoms with Crippen molar-refractivity contribution in [1.29, 1.82) is 0 Å². The van der Waals surface area contributed by atoms with Gasteiger partial charge in [0.2, 0.25) is 0 Å². The van der Waals surface area contributed by atoms with Gasteiger partial charge in [-0.15, -0.1) is 0 Å². The Labute approximate surface area is 72.6 Å². The Bertz CT molecular complexity index is 241. The highest BCUT2D eigenvalue weighted by atomic mass is 15.3. The molecule has 0 fully saturated rings. The fourth-order valence-corrected chi connectivity index (χ4v) is 1.78. The zero-order valence-corrected chi connectivity index (χ0v) is 7.29. The maximum Gasteiger partial charge on any atom is 0.0656 e. The van der Waals surface area contributed by atoms with Crippen LogP contribution < -0.4 is 5.73 Å². The molecule has 0 unspecified atom stereocenters. The number of aromatic nitrogens is 2. The van der Waals surface area contributed by atoms with E-state index in [0.717, 1.165) is 13.0 Å². The number of aryl methyl sites for hydroxylation is 2. The van der Waals surface area contributed by atoms with Gasteiger partial charge in [0.15, 0.2) is 0 Å². The highest BCUT2D eigenvalue weighted by Gasteiger charge is 2.12. The van der Waals surface area contributed by atoms with Crippen LogP contribution in [0.2, 0.25) is 0 Å². The molecule has 1 heterocycles. The molecule has 1 aromatic rings. The topological polar surface area (TPSA) is 43.8 Å². The third kappa shape index (κ3) is 1.37. The van der Waals surface area contributed by atoms with E-state index in [-0.39, 0.29) is 0 Å². The molecule has 1 aliphatic carbocycles. The molecular formula is C9H15N3. The molecule has 0 bridgehead atoms. The molecule has 0 amide bonds. The molecule has 12 heavy (non-hydrogen) atoms. The third-order valence-electron chi connectivity index (χ3n) is 2.39. The first-order valence-corrected chi connectivity index (χ1v) is 4.65. The first-order valence-electron chi connectivity index (χ1n) is 4.65. The van der Waals surface area contributed by atoms with E-state index in [0.29, 0.717) is 6.54 Å². The molecule has 2 N–H and O–H groups in total. The van der Waals surface area contributed by atoms with Crippen molar-refractivity contribution in [3.05, 3.63) is 17.5 Å². The molecular weight excluding hydrogens is 150 g/mol. The molecule has 0 aromatic carbocycles. The molecule has 1 aromatic heterocycles. The zero-order valence-electron chi connectivity index (χ0n) is 7.29. The second kappa shape index (κ2) is 3.27. The number of nitrogens with zero attached hydrogens (tertiary/aromatic N) is 2. The highest BCUT2D eigenvalue weighted by Crippen LogP contribution is 2.18. The number of hydrogen-bond acceptors (Lipinski definition) is 2. The predicted molar refractivity (Wildman–Crippen MR) is 47.9 cm³/mol. The average molecular weight is 165 g/mol. The van der Waals surface area contributed by atoms with Gasteiger partial charge < -0.3 is 5.73 Å². The monoisotopic (exact) mass is 165 g/mol. The highest BCUT2D eigenvalue weighted by molar-refractivity contribution is 5.19. The Balaban J connectivity index is 2.20. The molecule has 0 radical (unpaired) electrons. The number of rotatable bonds is 2. The Hall–Kier alpha value is -0.830. The summed E-state index contributed by atoms with van der Waals surface area (Å²) in [6, 6.07) is 0. The number of fused-ring (bicyclic) bond motifs is 1. The SMILES string of the molecule is NCCn1cc2c(n1)CCCC2. The van der Waals surface area contributed by atoms with Gasteiger partial charge in [0.05, 0.1) is 12.2 Å². The van der Waals surface area contributed by atoms with Crippen LogP contribution in [0.25, 0.3) is 0 Å². The van der Waals surface area contributed by atoms with Crippen LogP contribution in [0.15, 0.2) is 6.20 Å². The Kier molecular flexibility index (Phi) is 2.13. The van der Waals surface area contributed by atoms with E-state index in [1.165, 1.54) is 30.5 Å². The van der Waals surface area contributed by atoms with Crippen molar-refractivity contribution < 1.29 is 0 Å². The van der Waals surface area contributed by atoms with Crippen molar-refractivity contribution in [2.75, 3.05) is 6.54 Å². The van der Waals surface area contributed by atoms with Crippen molar-refractivity contribution in [3.8, 4) is 0 Å². The number of nitrogens with two attached hydrogens (primary N) is 1. The largest absolute Gasteiger partial charge is 0.329 e. The lowest BCUT2D eigenvalue weighted by atomic mass is 9.99. The summed E-state index contributed by atoms with van der Waals surface area (Å²) in [5.74, 6) is 0. The van der Waals surface area contributed by atoms with Crippen LogP contribution in [0.1, 0.15) is 24.1 Å². The Morgan fingerprint density at radius 1 is 1.42 bits per heavy atom. The van der Waals surface area contributed by atoms with Crippen LogP contribution >= 0.6 is 0 Å². The summed E-state index contributed by atoms with van der Waals surface area (Å²) in [6.45, 7) is 1.54. The zero-order chi connectivity index (χ0) is 8.39. The lowest BCUT2D eigenvalue weighted by Crippen LogP contribution is -2.10. The summed E-state index contributed by atoms with van der Waals surface area (Å²) in [6.07, 6.45) is 7.14. The normalized spacial score (nSPS) is 16.1. The van der Waals surface area contributed by atoms with Crippen LogP contribution in [0.5, 0.6) is 0 Å². The summed E-state index contributed by atoms with van der Waals surface area (Å²) in [4.78, 5) is 0. The van der Waals surface area contributed by atoms with Crippen LogP contribution in [0.4, 0.5) is 0 Å². The summed E-state index contributed by atoms with van der Waals surface area (Å²) in [5, 5.41) is 4.48. The Morgan fingerprint density at radius 3 is 3.00 bits per heavy atom. The fraction of sp³-hybridized carbons (Fsp3) is 0.667. The standard InChI is InChI=1S/C9H15N3/c10-5-6-12-7-8-3-1-2-4-9(8)11-12/h7H,1-6,10H2. The van der Waals surface area contributed by atoms with Crippen molar-refractivity contribution in [2.45, 2.75) is 32.2 Å². The first-order chi connectivity index (χ1) is 5.90. The summed E-state index contributed by atoms with van der Waals surface area (Å²) < 4.78 is 1.98. The second-order valence-corrected chi connectivity index (χ2v) is 3.36. The predicted octanol–water partition coefficient (Wildman–Crippen LogP) is 0.721. The smallest absolute Gasteiger partial charge is 0.0656 e. The van der Waals surface area contributed by atoms with Crippen LogP contribution in [-0.2, 0) is 19.4 Å². The minimum Gasteiger partial charge on any atom is -0.329 e. The molecule has 0 aliphatic heterocycles. The van der Waals surface area contributed by atoms with Gasteiger partial charge in [0.1, 0.15) is 0 Å². The summed E-state index contributed by atoms with van der Waals surface area (Å²) in [7, 11) is 0. The van der Waals surface area contributed by atoms with Gasteiger partial charge in [-0.25, -0.2) is 0 Å². The molecule has 2 rings (SSSR count). The lowest BCUT2D eigenvalue weighted by molar-refractivity contribution is 0.608. The van der Waals surface area contributed by atoms with E-state index in [1.54, 1.807) is 0 Å². The van der Waals surface area contributed by atoms with Crippen LogP contribution in [0.3, 0.4) is 0 Å². The second-order valence-electron chi connectivity index (χ2n) is 3.36. The maximum absolute atomic E-state index is 5.46. The molecule has 0 saturated carbocycles. The summed E-state index contributed by atoms with van der Waals surface area (Å²) >= 11 is 0. The molecule has 0 atom stereocenters. The van der Waals surface area contributed by atoms with Gasteiger partial charge in [0, 0.05) is 12.7 Å². The molecule has 1 aliphatic rings. The van der Waals surface area contributed by atoms with Crippen LogP contribution in [0, 0.1) is 0 Å². The van der Waals surface area contributed by atoms with Gasteiger partial charge in [-0.3, -0.25) is 4.68 Å². The minimum atomic E-state index is 0.681. The van der Waals surface area contributed by atoms with E-state index in [2.05, 4.69) is 11.3 Å². The lowest BCUT2D eigenvalue weighted by Gasteiger charge is -2.06. The van der Waals surface area contributed by atoms with Gasteiger partial charge >= 0.3 is 0 Å². The molecule has 0 saturated heterocycles. The quantitative estimate of drug-likeness (QED) is 0.701. The van der Waals surface area contributed by atoms with Crippen molar-refractivity contribution in [1.82, 2.24) is 9.78 Å². The van der Waals surface area contributed by atoms with Crippen molar-refractivity contribution in [3.63, 3.8) is 0 Å². The van der Waals surface area contributed by atoms with Gasteiger partial charge in [-0.1, -0.05) is 0 Å². The van der Waals surface area contributed by atoms with E-state index >= 15 is 0 Å². The summed E-state index contributed by atoms with van der Waals surface area (Å²) in [5.41, 5.74) is 8.20. The van der Waals surface area contributed by atoms with Gasteiger partial charge in [0.25, 0.3) is 0 Å². The fourth-order valence-electron chi connectivity index (χ4n) is 1.78. The third-order valence-corrected chi connectivity index (χ3v) is 2.39. The minimum absolute atomic E-state index is 0.681. The van der Waals surface area contributed by atoms with Crippen molar-refractivity contribution >= 4 is 0 Å². The molecule has 66 valence electrons. The van der Waals surface area contributed by atoms with Crippen molar-refractivity contribution in [2.24, 2.45) is 5.73 Å². The van der Waals surface area contributed by atoms with Crippen LogP contribution in [-0.4, -0.2) is 16.3 Å². The number of hydrogen-bond donors (Lipinski definition) is 1. The van der Waals surface area contributed by atoms with E-state index < -0.39 is 0 Å². The Morgan fingerprint density at radius 2 is 2.25 bits per heavy atom. The molecule has 3 nitrogen and oxygen atoms in total.